The smallest absolute Gasteiger partial charge is 0.241 e. The summed E-state index contributed by atoms with van der Waals surface area (Å²) in [7, 11) is -3.99. The summed E-state index contributed by atoms with van der Waals surface area (Å²) in [5, 5.41) is 0.932. The highest BCUT2D eigenvalue weighted by Crippen LogP contribution is 2.21. The Morgan fingerprint density at radius 2 is 1.33 bits per heavy atom. The Kier molecular flexibility index (Phi) is 12.8. The van der Waals surface area contributed by atoms with Crippen molar-refractivity contribution in [1.29, 1.82) is 0 Å². The molecule has 0 aliphatic carbocycles. The van der Waals surface area contributed by atoms with Crippen LogP contribution in [0.5, 0.6) is 0 Å². The van der Waals surface area contributed by atoms with Gasteiger partial charge in [0, 0.05) is 30.2 Å². The molecule has 1 amide bonds. The number of para-hydroxylation sites is 1. The van der Waals surface area contributed by atoms with Gasteiger partial charge in [-0.05, 0) is 37.1 Å². The maximum atomic E-state index is 14.1. The maximum Gasteiger partial charge on any atom is 0.241 e. The average molecular weight is 604 g/mol. The lowest BCUT2D eigenvalue weighted by Gasteiger charge is -2.28. The average Bonchev–Trinajstić information content (AvgIpc) is 3.39. The Balaban J connectivity index is 1.52. The van der Waals surface area contributed by atoms with Gasteiger partial charge in [-0.25, -0.2) is 8.42 Å². The molecule has 2 aromatic carbocycles. The number of rotatable bonds is 6. The molecular weight excluding hydrogens is 562 g/mol. The van der Waals surface area contributed by atoms with E-state index in [0.717, 1.165) is 22.0 Å². The summed E-state index contributed by atoms with van der Waals surface area (Å²) in [5.41, 5.74) is 2.69. The van der Waals surface area contributed by atoms with Crippen LogP contribution in [0.3, 0.4) is 0 Å². The maximum absolute atomic E-state index is 14.1. The molecule has 0 spiro atoms. The van der Waals surface area contributed by atoms with Crippen molar-refractivity contribution >= 4 is 26.8 Å². The lowest BCUT2D eigenvalue weighted by atomic mass is 10.0. The number of nitrogens with zero attached hydrogens (tertiary/aromatic N) is 1. The lowest BCUT2D eigenvalue weighted by Crippen LogP contribution is -2.51. The molecule has 4 rings (SSSR count). The number of hydrogen-bond acceptors (Lipinski definition) is 8. The highest BCUT2D eigenvalue weighted by Gasteiger charge is 2.30. The van der Waals surface area contributed by atoms with Crippen molar-refractivity contribution in [3.8, 4) is 0 Å². The zero-order valence-electron chi connectivity index (χ0n) is 24.1. The number of H-pyrrole nitrogens is 1. The Labute approximate surface area is 247 Å². The van der Waals surface area contributed by atoms with Crippen molar-refractivity contribution in [3.05, 3.63) is 65.9 Å². The number of sulfonamides is 1. The highest BCUT2D eigenvalue weighted by molar-refractivity contribution is 7.89. The first-order chi connectivity index (χ1) is 20.4. The fourth-order valence-corrected chi connectivity index (χ4v) is 5.75. The minimum atomic E-state index is -3.99. The Morgan fingerprint density at radius 1 is 0.810 bits per heavy atom. The number of amides is 1. The zero-order valence-corrected chi connectivity index (χ0v) is 24.9. The zero-order chi connectivity index (χ0) is 29.6. The number of aromatic amines is 1. The highest BCUT2D eigenvalue weighted by atomic mass is 32.2. The molecule has 0 bridgehead atoms. The van der Waals surface area contributed by atoms with Gasteiger partial charge in [-0.3, -0.25) is 4.79 Å². The van der Waals surface area contributed by atoms with Crippen molar-refractivity contribution < 1.29 is 36.9 Å². The quantitative estimate of drug-likeness (QED) is 0.439. The molecule has 0 unspecified atom stereocenters. The van der Waals surface area contributed by atoms with E-state index in [0.29, 0.717) is 52.9 Å². The van der Waals surface area contributed by atoms with E-state index in [-0.39, 0.29) is 43.5 Å². The first-order valence-electron chi connectivity index (χ1n) is 14.3. The molecule has 1 aliphatic rings. The van der Waals surface area contributed by atoms with Crippen molar-refractivity contribution in [2.45, 2.75) is 24.3 Å². The van der Waals surface area contributed by atoms with Gasteiger partial charge in [0.25, 0.3) is 0 Å². The summed E-state index contributed by atoms with van der Waals surface area (Å²) >= 11 is 0. The normalized spacial score (nSPS) is 18.3. The molecule has 3 aromatic rings. The molecule has 12 heteroatoms. The number of fused-ring (bicyclic) bond motifs is 1. The Morgan fingerprint density at radius 3 is 1.90 bits per heavy atom. The van der Waals surface area contributed by atoms with E-state index in [1.807, 2.05) is 37.4 Å². The summed E-state index contributed by atoms with van der Waals surface area (Å²) in [4.78, 5) is 19.0. The molecule has 1 aliphatic heterocycles. The molecule has 230 valence electrons. The van der Waals surface area contributed by atoms with Crippen molar-refractivity contribution in [2.75, 3.05) is 79.2 Å². The van der Waals surface area contributed by atoms with Crippen LogP contribution in [0.2, 0.25) is 0 Å². The molecule has 1 aromatic heterocycles. The van der Waals surface area contributed by atoms with Gasteiger partial charge >= 0.3 is 0 Å². The Bertz CT molecular complexity index is 1330. The van der Waals surface area contributed by atoms with Gasteiger partial charge in [-0.15, -0.1) is 0 Å². The first-order valence-corrected chi connectivity index (χ1v) is 15.7. The molecule has 2 heterocycles. The van der Waals surface area contributed by atoms with Gasteiger partial charge in [0.1, 0.15) is 6.04 Å². The van der Waals surface area contributed by atoms with Gasteiger partial charge in [0.15, 0.2) is 0 Å². The third kappa shape index (κ3) is 9.87. The van der Waals surface area contributed by atoms with E-state index in [9.17, 15) is 13.2 Å². The monoisotopic (exact) mass is 603 g/mol. The number of aryl methyl sites for hydroxylation is 1. The second kappa shape index (κ2) is 16.7. The standard InChI is InChI=1S/C30H41N3O8S/c1-24-6-8-26(9-7-24)42(35,36)32-29(22-25-23-31-28-5-3-2-4-27(25)28)30(34)33-10-12-37-14-16-39-18-20-41-21-19-40-17-15-38-13-11-33/h2-9,23,29,31-32H,10-22H2,1H3/t29-/m0/s1. The van der Waals surface area contributed by atoms with E-state index in [1.54, 1.807) is 29.2 Å². The van der Waals surface area contributed by atoms with Crippen molar-refractivity contribution in [1.82, 2.24) is 14.6 Å². The molecule has 11 nitrogen and oxygen atoms in total. The van der Waals surface area contributed by atoms with E-state index in [2.05, 4.69) is 9.71 Å². The number of hydrogen-bond donors (Lipinski definition) is 2. The van der Waals surface area contributed by atoms with Gasteiger partial charge in [0.2, 0.25) is 15.9 Å². The fourth-order valence-electron chi connectivity index (χ4n) is 4.56. The third-order valence-corrected chi connectivity index (χ3v) is 8.32. The minimum Gasteiger partial charge on any atom is -0.377 e. The number of carbonyl (C=O) groups is 1. The Hall–Kier alpha value is -2.84. The van der Waals surface area contributed by atoms with Crippen LogP contribution >= 0.6 is 0 Å². The minimum absolute atomic E-state index is 0.0987. The molecule has 42 heavy (non-hydrogen) atoms. The van der Waals surface area contributed by atoms with Crippen LogP contribution in [0.1, 0.15) is 11.1 Å². The molecule has 2 N–H and O–H groups in total. The number of ether oxygens (including phenoxy) is 5. The predicted molar refractivity (Wildman–Crippen MR) is 158 cm³/mol. The van der Waals surface area contributed by atoms with Crippen LogP contribution in [-0.4, -0.2) is 109 Å². The van der Waals surface area contributed by atoms with Crippen LogP contribution in [0, 0.1) is 6.92 Å². The molecule has 1 fully saturated rings. The molecule has 1 atom stereocenters. The predicted octanol–water partition coefficient (Wildman–Crippen LogP) is 2.29. The summed E-state index contributed by atoms with van der Waals surface area (Å²) in [6.45, 7) is 6.30. The topological polar surface area (TPSA) is 128 Å². The van der Waals surface area contributed by atoms with Crippen LogP contribution in [0.25, 0.3) is 10.9 Å². The number of aromatic nitrogens is 1. The summed E-state index contributed by atoms with van der Waals surface area (Å²) in [6.07, 6.45) is 1.98. The molecular formula is C30H41N3O8S. The molecule has 0 saturated carbocycles. The first kappa shape index (κ1) is 32.1. The summed E-state index contributed by atoms with van der Waals surface area (Å²) in [5.74, 6) is -0.359. The molecule has 1 saturated heterocycles. The van der Waals surface area contributed by atoms with Gasteiger partial charge < -0.3 is 33.6 Å². The van der Waals surface area contributed by atoms with Crippen LogP contribution in [0.15, 0.2) is 59.6 Å². The van der Waals surface area contributed by atoms with Crippen molar-refractivity contribution in [3.63, 3.8) is 0 Å². The van der Waals surface area contributed by atoms with E-state index in [4.69, 9.17) is 23.7 Å². The van der Waals surface area contributed by atoms with Crippen LogP contribution in [-0.2, 0) is 44.9 Å². The van der Waals surface area contributed by atoms with Crippen LogP contribution < -0.4 is 4.72 Å². The van der Waals surface area contributed by atoms with Gasteiger partial charge in [-0.1, -0.05) is 35.9 Å². The summed E-state index contributed by atoms with van der Waals surface area (Å²) in [6, 6.07) is 13.2. The fraction of sp³-hybridized carbons (Fsp3) is 0.500. The molecule has 0 radical (unpaired) electrons. The number of benzene rings is 2. The second-order valence-corrected chi connectivity index (χ2v) is 11.7. The number of carbonyl (C=O) groups excluding carboxylic acids is 1. The second-order valence-electron chi connectivity index (χ2n) is 9.94. The third-order valence-electron chi connectivity index (χ3n) is 6.84. The van der Waals surface area contributed by atoms with Crippen LogP contribution in [0.4, 0.5) is 0 Å². The lowest BCUT2D eigenvalue weighted by molar-refractivity contribution is -0.134. The SMILES string of the molecule is Cc1ccc(S(=O)(=O)N[C@@H](Cc2c[nH]c3ccccc23)C(=O)N2CCOCCOCCOCCOCCOCC2)cc1. The largest absolute Gasteiger partial charge is 0.377 e. The van der Waals surface area contributed by atoms with E-state index in [1.165, 1.54) is 0 Å². The van der Waals surface area contributed by atoms with Gasteiger partial charge in [0.05, 0.1) is 71.0 Å². The number of nitrogens with one attached hydrogen (secondary N) is 2. The summed E-state index contributed by atoms with van der Waals surface area (Å²) < 4.78 is 57.5. The van der Waals surface area contributed by atoms with E-state index >= 15 is 0 Å². The van der Waals surface area contributed by atoms with Crippen molar-refractivity contribution in [2.24, 2.45) is 0 Å². The van der Waals surface area contributed by atoms with Gasteiger partial charge in [-0.2, -0.15) is 4.72 Å². The van der Waals surface area contributed by atoms with E-state index < -0.39 is 16.1 Å².